The lowest BCUT2D eigenvalue weighted by atomic mass is 9.96. The maximum atomic E-state index is 13.2. The smallest absolute Gasteiger partial charge is 0.243 e. The number of nitrogens with zero attached hydrogens (tertiary/aromatic N) is 2. The van der Waals surface area contributed by atoms with E-state index in [1.807, 2.05) is 48.5 Å². The zero-order valence-corrected chi connectivity index (χ0v) is 20.0. The number of hydrogen-bond donors (Lipinski definition) is 0. The van der Waals surface area contributed by atoms with E-state index in [1.54, 1.807) is 24.1 Å². The molecule has 1 saturated heterocycles. The molecule has 0 aromatic heterocycles. The van der Waals surface area contributed by atoms with Gasteiger partial charge in [0.1, 0.15) is 13.2 Å². The van der Waals surface area contributed by atoms with Gasteiger partial charge >= 0.3 is 0 Å². The van der Waals surface area contributed by atoms with Gasteiger partial charge in [0.2, 0.25) is 15.9 Å². The fraction of sp³-hybridized carbons (Fsp3) is 0.346. The number of ether oxygens (including phenoxy) is 2. The van der Waals surface area contributed by atoms with Crippen molar-refractivity contribution in [1.29, 1.82) is 0 Å². The SMILES string of the molecule is CN(Cc1ccc2c(c1)OCCO2)C(=O)C1CCN(S(=O)(=O)c2ccc3ccccc3c2)CC1. The summed E-state index contributed by atoms with van der Waals surface area (Å²) in [4.78, 5) is 15.1. The highest BCUT2D eigenvalue weighted by Crippen LogP contribution is 2.32. The predicted molar refractivity (Wildman–Crippen MR) is 129 cm³/mol. The Balaban J connectivity index is 1.21. The summed E-state index contributed by atoms with van der Waals surface area (Å²) in [6, 6.07) is 18.7. The molecule has 2 aliphatic heterocycles. The summed E-state index contributed by atoms with van der Waals surface area (Å²) >= 11 is 0. The fourth-order valence-electron chi connectivity index (χ4n) is 4.67. The third kappa shape index (κ3) is 4.48. The molecule has 3 aromatic carbocycles. The van der Waals surface area contributed by atoms with Crippen molar-refractivity contribution in [1.82, 2.24) is 9.21 Å². The summed E-state index contributed by atoms with van der Waals surface area (Å²) in [6.45, 7) is 2.20. The predicted octanol–water partition coefficient (Wildman–Crippen LogP) is 3.67. The molecule has 0 unspecified atom stereocenters. The van der Waals surface area contributed by atoms with Gasteiger partial charge in [-0.1, -0.05) is 36.4 Å². The highest BCUT2D eigenvalue weighted by Gasteiger charge is 2.33. The van der Waals surface area contributed by atoms with Gasteiger partial charge in [-0.3, -0.25) is 4.79 Å². The molecule has 0 N–H and O–H groups in total. The second-order valence-electron chi connectivity index (χ2n) is 8.86. The minimum absolute atomic E-state index is 0.0395. The zero-order valence-electron chi connectivity index (χ0n) is 19.1. The van der Waals surface area contributed by atoms with Crippen LogP contribution in [0.25, 0.3) is 10.8 Å². The lowest BCUT2D eigenvalue weighted by molar-refractivity contribution is -0.135. The van der Waals surface area contributed by atoms with Crippen molar-refractivity contribution in [2.24, 2.45) is 5.92 Å². The van der Waals surface area contributed by atoms with E-state index in [2.05, 4.69) is 0 Å². The van der Waals surface area contributed by atoms with Gasteiger partial charge in [-0.2, -0.15) is 4.31 Å². The van der Waals surface area contributed by atoms with Crippen molar-refractivity contribution in [3.8, 4) is 11.5 Å². The number of sulfonamides is 1. The van der Waals surface area contributed by atoms with Crippen LogP contribution in [0.1, 0.15) is 18.4 Å². The van der Waals surface area contributed by atoms with Gasteiger partial charge in [0.15, 0.2) is 11.5 Å². The Morgan fingerprint density at radius 2 is 1.65 bits per heavy atom. The summed E-state index contributed by atoms with van der Waals surface area (Å²) in [5, 5.41) is 1.90. The lowest BCUT2D eigenvalue weighted by Crippen LogP contribution is -2.43. The van der Waals surface area contributed by atoms with Crippen LogP contribution in [-0.4, -0.2) is 56.9 Å². The van der Waals surface area contributed by atoms with Gasteiger partial charge in [-0.05, 0) is 53.4 Å². The molecule has 0 bridgehead atoms. The first-order chi connectivity index (χ1) is 16.4. The third-order valence-electron chi connectivity index (χ3n) is 6.56. The lowest BCUT2D eigenvalue weighted by Gasteiger charge is -2.32. The molecule has 2 aliphatic rings. The van der Waals surface area contributed by atoms with Crippen molar-refractivity contribution in [3.05, 3.63) is 66.2 Å². The molecular formula is C26H28N2O5S. The van der Waals surface area contributed by atoms with Crippen molar-refractivity contribution in [2.45, 2.75) is 24.3 Å². The molecule has 0 atom stereocenters. The van der Waals surface area contributed by atoms with Crippen molar-refractivity contribution in [2.75, 3.05) is 33.4 Å². The van der Waals surface area contributed by atoms with Crippen LogP contribution in [-0.2, 0) is 21.4 Å². The van der Waals surface area contributed by atoms with E-state index < -0.39 is 10.0 Å². The first-order valence-corrected chi connectivity index (χ1v) is 13.0. The normalized spacial score (nSPS) is 17.0. The average Bonchev–Trinajstić information content (AvgIpc) is 2.88. The van der Waals surface area contributed by atoms with E-state index in [0.29, 0.717) is 56.3 Å². The molecule has 0 spiro atoms. The number of rotatable bonds is 5. The maximum absolute atomic E-state index is 13.2. The standard InChI is InChI=1S/C26H28N2O5S/c1-27(18-19-6-9-24-25(16-19)33-15-14-32-24)26(29)21-10-12-28(13-11-21)34(30,31)23-8-7-20-4-2-3-5-22(20)17-23/h2-9,16-17,21H,10-15,18H2,1H3. The first-order valence-electron chi connectivity index (χ1n) is 11.5. The molecule has 178 valence electrons. The number of fused-ring (bicyclic) bond motifs is 2. The third-order valence-corrected chi connectivity index (χ3v) is 8.46. The van der Waals surface area contributed by atoms with E-state index >= 15 is 0 Å². The summed E-state index contributed by atoms with van der Waals surface area (Å²) in [5.74, 6) is 1.28. The van der Waals surface area contributed by atoms with E-state index in [1.165, 1.54) is 4.31 Å². The van der Waals surface area contributed by atoms with Crippen LogP contribution >= 0.6 is 0 Å². The Kier molecular flexibility index (Phi) is 6.18. The largest absolute Gasteiger partial charge is 0.486 e. The molecule has 5 rings (SSSR count). The second kappa shape index (κ2) is 9.27. The van der Waals surface area contributed by atoms with Crippen LogP contribution in [0.15, 0.2) is 65.6 Å². The molecule has 1 fully saturated rings. The number of carbonyl (C=O) groups excluding carboxylic acids is 1. The topological polar surface area (TPSA) is 76.2 Å². The van der Waals surface area contributed by atoms with Gasteiger partial charge in [0, 0.05) is 32.6 Å². The Bertz CT molecular complexity index is 1320. The van der Waals surface area contributed by atoms with Crippen LogP contribution in [0.4, 0.5) is 0 Å². The second-order valence-corrected chi connectivity index (χ2v) is 10.8. The monoisotopic (exact) mass is 480 g/mol. The number of amides is 1. The van der Waals surface area contributed by atoms with Crippen LogP contribution in [0.2, 0.25) is 0 Å². The van der Waals surface area contributed by atoms with Crippen molar-refractivity contribution >= 4 is 26.7 Å². The minimum Gasteiger partial charge on any atom is -0.486 e. The highest BCUT2D eigenvalue weighted by atomic mass is 32.2. The molecule has 34 heavy (non-hydrogen) atoms. The Hall–Kier alpha value is -3.10. The van der Waals surface area contributed by atoms with E-state index in [4.69, 9.17) is 9.47 Å². The summed E-state index contributed by atoms with van der Waals surface area (Å²) in [5.41, 5.74) is 0.969. The average molecular weight is 481 g/mol. The zero-order chi connectivity index (χ0) is 23.7. The number of piperidine rings is 1. The van der Waals surface area contributed by atoms with Gasteiger partial charge in [-0.25, -0.2) is 8.42 Å². The van der Waals surface area contributed by atoms with Crippen LogP contribution < -0.4 is 9.47 Å². The van der Waals surface area contributed by atoms with Crippen molar-refractivity contribution in [3.63, 3.8) is 0 Å². The van der Waals surface area contributed by atoms with Gasteiger partial charge in [-0.15, -0.1) is 0 Å². The van der Waals surface area contributed by atoms with Crippen molar-refractivity contribution < 1.29 is 22.7 Å². The maximum Gasteiger partial charge on any atom is 0.243 e. The van der Waals surface area contributed by atoms with Crippen LogP contribution in [0, 0.1) is 5.92 Å². The number of carbonyl (C=O) groups is 1. The fourth-order valence-corrected chi connectivity index (χ4v) is 6.18. The Morgan fingerprint density at radius 3 is 2.41 bits per heavy atom. The molecular weight excluding hydrogens is 452 g/mol. The van der Waals surface area contributed by atoms with E-state index in [-0.39, 0.29) is 11.8 Å². The van der Waals surface area contributed by atoms with Gasteiger partial charge < -0.3 is 14.4 Å². The van der Waals surface area contributed by atoms with Gasteiger partial charge in [0.05, 0.1) is 4.90 Å². The molecule has 8 heteroatoms. The summed E-state index contributed by atoms with van der Waals surface area (Å²) in [6.07, 6.45) is 1.02. The molecule has 0 radical (unpaired) electrons. The summed E-state index contributed by atoms with van der Waals surface area (Å²) in [7, 11) is -1.81. The quantitative estimate of drug-likeness (QED) is 0.557. The van der Waals surface area contributed by atoms with E-state index in [9.17, 15) is 13.2 Å². The Labute approximate surface area is 199 Å². The first kappa shape index (κ1) is 22.7. The molecule has 7 nitrogen and oxygen atoms in total. The number of hydrogen-bond acceptors (Lipinski definition) is 5. The minimum atomic E-state index is -3.60. The molecule has 3 aromatic rings. The highest BCUT2D eigenvalue weighted by molar-refractivity contribution is 7.89. The molecule has 0 aliphatic carbocycles. The summed E-state index contributed by atoms with van der Waals surface area (Å²) < 4.78 is 39.1. The molecule has 0 saturated carbocycles. The molecule has 2 heterocycles. The Morgan fingerprint density at radius 1 is 0.941 bits per heavy atom. The van der Waals surface area contributed by atoms with Gasteiger partial charge in [0.25, 0.3) is 0 Å². The van der Waals surface area contributed by atoms with Crippen LogP contribution in [0.5, 0.6) is 11.5 Å². The van der Waals surface area contributed by atoms with Crippen LogP contribution in [0.3, 0.4) is 0 Å². The number of benzene rings is 3. The van der Waals surface area contributed by atoms with E-state index in [0.717, 1.165) is 22.1 Å². The molecule has 1 amide bonds.